The predicted molar refractivity (Wildman–Crippen MR) is 257 cm³/mol. The zero-order valence-electron chi connectivity index (χ0n) is 36.4. The Morgan fingerprint density at radius 3 is 1.57 bits per heavy atom. The van der Waals surface area contributed by atoms with E-state index in [0.29, 0.717) is 0 Å². The second-order valence-corrected chi connectivity index (χ2v) is 19.9. The van der Waals surface area contributed by atoms with E-state index in [1.807, 2.05) is 0 Å². The summed E-state index contributed by atoms with van der Waals surface area (Å²) in [5.74, 6) is 0. The molecule has 0 spiro atoms. The average molecular weight is 781 g/mol. The first-order chi connectivity index (χ1) is 28.6. The van der Waals surface area contributed by atoms with Gasteiger partial charge in [-0.2, -0.15) is 0 Å². The molecule has 3 heterocycles. The van der Waals surface area contributed by atoms with Crippen molar-refractivity contribution >= 4 is 68.4 Å². The van der Waals surface area contributed by atoms with Crippen molar-refractivity contribution in [1.82, 2.24) is 0 Å². The fraction of sp³-hybridized carbons (Fsp3) is 0.214. The molecule has 2 aliphatic rings. The van der Waals surface area contributed by atoms with Crippen LogP contribution in [0.5, 0.6) is 0 Å². The summed E-state index contributed by atoms with van der Waals surface area (Å²) in [6, 6.07) is 58.8. The van der Waals surface area contributed by atoms with Crippen molar-refractivity contribution in [3.63, 3.8) is 0 Å². The second kappa shape index (κ2) is 13.6. The van der Waals surface area contributed by atoms with E-state index in [1.165, 1.54) is 61.2 Å². The lowest BCUT2D eigenvalue weighted by atomic mass is 9.35. The number of hydrogen-bond donors (Lipinski definition) is 0. The van der Waals surface area contributed by atoms with Crippen molar-refractivity contribution in [2.24, 2.45) is 0 Å². The molecular weight excluding hydrogens is 727 g/mol. The van der Waals surface area contributed by atoms with Gasteiger partial charge in [-0.1, -0.05) is 165 Å². The van der Waals surface area contributed by atoms with Crippen LogP contribution < -0.4 is 26.4 Å². The lowest BCUT2D eigenvalue weighted by Crippen LogP contribution is -2.60. The van der Waals surface area contributed by atoms with Gasteiger partial charge in [-0.15, -0.1) is 0 Å². The topological polar surface area (TPSA) is 19.6 Å². The highest BCUT2D eigenvalue weighted by atomic mass is 16.3. The van der Waals surface area contributed by atoms with Crippen LogP contribution in [0.4, 0.5) is 34.1 Å². The molecule has 0 atom stereocenters. The smallest absolute Gasteiger partial charge is 0.297 e. The molecule has 10 rings (SSSR count). The summed E-state index contributed by atoms with van der Waals surface area (Å²) in [5, 5.41) is 1.14. The highest BCUT2D eigenvalue weighted by molar-refractivity contribution is 7.00. The third-order valence-corrected chi connectivity index (χ3v) is 12.7. The third-order valence-electron chi connectivity index (χ3n) is 12.7. The molecule has 0 bridgehead atoms. The van der Waals surface area contributed by atoms with Crippen LogP contribution in [0.3, 0.4) is 0 Å². The number of nitrogens with zero attached hydrogens (tertiary/aromatic N) is 2. The molecule has 0 N–H and O–H groups in total. The second-order valence-electron chi connectivity index (χ2n) is 19.9. The highest BCUT2D eigenvalue weighted by Gasteiger charge is 2.46. The van der Waals surface area contributed by atoms with Gasteiger partial charge in [0.25, 0.3) is 6.71 Å². The van der Waals surface area contributed by atoms with Crippen LogP contribution in [0.15, 0.2) is 162 Å². The van der Waals surface area contributed by atoms with Gasteiger partial charge in [-0.3, -0.25) is 0 Å². The van der Waals surface area contributed by atoms with Gasteiger partial charge in [0, 0.05) is 33.8 Å². The molecule has 8 aromatic rings. The summed E-state index contributed by atoms with van der Waals surface area (Å²) in [5.41, 5.74) is 20.1. The third kappa shape index (κ3) is 6.27. The fourth-order valence-electron chi connectivity index (χ4n) is 9.34. The molecule has 0 radical (unpaired) electrons. The molecule has 1 aromatic heterocycles. The van der Waals surface area contributed by atoms with Crippen molar-refractivity contribution in [1.29, 1.82) is 0 Å². The molecule has 0 amide bonds. The minimum absolute atomic E-state index is 0.0306. The van der Waals surface area contributed by atoms with E-state index in [2.05, 4.69) is 230 Å². The summed E-state index contributed by atoms with van der Waals surface area (Å²) in [6.07, 6.45) is 0. The maximum absolute atomic E-state index is 7.22. The molecule has 3 nitrogen and oxygen atoms in total. The van der Waals surface area contributed by atoms with E-state index >= 15 is 0 Å². The van der Waals surface area contributed by atoms with Crippen LogP contribution in [0.25, 0.3) is 33.2 Å². The van der Waals surface area contributed by atoms with Crippen molar-refractivity contribution in [3.05, 3.63) is 174 Å². The number of hydrogen-bond acceptors (Lipinski definition) is 3. The Morgan fingerprint density at radius 1 is 0.417 bits per heavy atom. The molecule has 2 aliphatic heterocycles. The number of rotatable bonds is 4. The van der Waals surface area contributed by atoms with Gasteiger partial charge in [0.05, 0.1) is 11.3 Å². The van der Waals surface area contributed by atoms with E-state index in [-0.39, 0.29) is 23.0 Å². The van der Waals surface area contributed by atoms with Crippen molar-refractivity contribution < 1.29 is 4.42 Å². The lowest BCUT2D eigenvalue weighted by Gasteiger charge is -2.42. The zero-order chi connectivity index (χ0) is 41.7. The highest BCUT2D eigenvalue weighted by Crippen LogP contribution is 2.48. The number of para-hydroxylation sites is 1. The monoisotopic (exact) mass is 780 g/mol. The van der Waals surface area contributed by atoms with Crippen molar-refractivity contribution in [2.45, 2.75) is 78.6 Å². The van der Waals surface area contributed by atoms with E-state index in [9.17, 15) is 0 Å². The lowest BCUT2D eigenvalue weighted by molar-refractivity contribution is 0.590. The molecule has 0 unspecified atom stereocenters. The Balaban J connectivity index is 1.22. The van der Waals surface area contributed by atoms with E-state index in [4.69, 9.17) is 4.42 Å². The Kier molecular flexibility index (Phi) is 8.64. The Bertz CT molecular complexity index is 2920. The normalized spacial score (nSPS) is 13.7. The summed E-state index contributed by atoms with van der Waals surface area (Å²) in [4.78, 5) is 4.95. The first-order valence-electron chi connectivity index (χ1n) is 21.5. The van der Waals surface area contributed by atoms with Gasteiger partial charge >= 0.3 is 0 Å². The number of anilines is 6. The largest absolute Gasteiger partial charge is 0.468 e. The molecule has 60 heavy (non-hydrogen) atoms. The van der Waals surface area contributed by atoms with Gasteiger partial charge in [0.15, 0.2) is 0 Å². The number of fused-ring (bicyclic) bond motifs is 6. The average Bonchev–Trinajstić information content (AvgIpc) is 3.61. The molecule has 0 aliphatic carbocycles. The molecular formula is C56H53BN2O. The minimum Gasteiger partial charge on any atom is -0.468 e. The summed E-state index contributed by atoms with van der Waals surface area (Å²) in [7, 11) is 0. The van der Waals surface area contributed by atoms with Gasteiger partial charge in [-0.25, -0.2) is 0 Å². The molecule has 7 aromatic carbocycles. The molecule has 4 heteroatoms. The van der Waals surface area contributed by atoms with Crippen LogP contribution in [-0.4, -0.2) is 6.71 Å². The Hall–Kier alpha value is -6.26. The first kappa shape index (κ1) is 38.0. The van der Waals surface area contributed by atoms with Gasteiger partial charge in [0.2, 0.25) is 0 Å². The maximum Gasteiger partial charge on any atom is 0.297 e. The summed E-state index contributed by atoms with van der Waals surface area (Å²) in [6.45, 7) is 20.4. The van der Waals surface area contributed by atoms with Gasteiger partial charge in [-0.05, 0) is 121 Å². The van der Waals surface area contributed by atoms with Crippen LogP contribution >= 0.6 is 0 Å². The van der Waals surface area contributed by atoms with Crippen LogP contribution in [0.1, 0.15) is 79.0 Å². The van der Waals surface area contributed by atoms with Crippen LogP contribution in [0, 0.1) is 0 Å². The van der Waals surface area contributed by atoms with Crippen LogP contribution in [0.2, 0.25) is 0 Å². The summed E-state index contributed by atoms with van der Waals surface area (Å²) < 4.78 is 7.22. The van der Waals surface area contributed by atoms with E-state index < -0.39 is 0 Å². The first-order valence-corrected chi connectivity index (χ1v) is 21.5. The maximum atomic E-state index is 7.22. The molecule has 0 saturated heterocycles. The SMILES string of the molecule is CC(C)(C)c1ccc(-c2cccc(N3c4cccc5c4B(c4ccc(-c6ccc(C(C)(C)C)cc6)cc4N5c4ccccc4)c4oc5ccc(C(C)(C)C)cc5c43)c2)cc1. The Labute approximate surface area is 356 Å². The number of benzene rings is 7. The van der Waals surface area contributed by atoms with Gasteiger partial charge in [0.1, 0.15) is 5.58 Å². The molecule has 296 valence electrons. The zero-order valence-corrected chi connectivity index (χ0v) is 36.4. The van der Waals surface area contributed by atoms with Crippen molar-refractivity contribution in [3.8, 4) is 22.3 Å². The van der Waals surface area contributed by atoms with E-state index in [0.717, 1.165) is 39.4 Å². The molecule has 0 saturated carbocycles. The fourth-order valence-corrected chi connectivity index (χ4v) is 9.34. The quantitative estimate of drug-likeness (QED) is 0.166. The number of furan rings is 1. The predicted octanol–water partition coefficient (Wildman–Crippen LogP) is 13.7. The van der Waals surface area contributed by atoms with Crippen molar-refractivity contribution in [2.75, 3.05) is 9.80 Å². The minimum atomic E-state index is -0.117. The van der Waals surface area contributed by atoms with Gasteiger partial charge < -0.3 is 14.2 Å². The van der Waals surface area contributed by atoms with Crippen LogP contribution in [-0.2, 0) is 16.2 Å². The summed E-state index contributed by atoms with van der Waals surface area (Å²) >= 11 is 0. The van der Waals surface area contributed by atoms with E-state index in [1.54, 1.807) is 0 Å². The Morgan fingerprint density at radius 2 is 0.950 bits per heavy atom. The molecule has 0 fully saturated rings. The standard InChI is InChI=1S/C56H53BN2O/c1-54(2,3)40-26-21-36(22-27-40)38-15-13-18-44(33-38)59-48-20-14-19-47-51(48)57(53-52(59)45-35-42(56(7,8)9)30-32-50(45)60-53)46-31-25-39(37-23-28-41(29-24-37)55(4,5)6)34-49(46)58(47)43-16-11-10-12-17-43/h10-35H,1-9H3.